The molecule has 7 heteroatoms. The number of carboxylic acid groups (broad SMARTS) is 1. The summed E-state index contributed by atoms with van der Waals surface area (Å²) in [4.78, 5) is 24.8. The van der Waals surface area contributed by atoms with E-state index in [0.29, 0.717) is 5.88 Å². The number of aryl methyl sites for hydroxylation is 1. The molecule has 0 bridgehead atoms. The summed E-state index contributed by atoms with van der Waals surface area (Å²) in [6, 6.07) is 1.49. The number of hydrogen-bond acceptors (Lipinski definition) is 4. The number of aromatic nitrogens is 2. The lowest BCUT2D eigenvalue weighted by Crippen LogP contribution is -2.53. The maximum Gasteiger partial charge on any atom is 0.329 e. The Balaban J connectivity index is 3.12. The lowest BCUT2D eigenvalue weighted by atomic mass is 10.0. The van der Waals surface area contributed by atoms with E-state index in [1.54, 1.807) is 14.0 Å². The van der Waals surface area contributed by atoms with Gasteiger partial charge in [-0.05, 0) is 20.8 Å². The van der Waals surface area contributed by atoms with E-state index in [2.05, 4.69) is 5.10 Å². The van der Waals surface area contributed by atoms with Crippen LogP contribution in [0.25, 0.3) is 0 Å². The number of aliphatic carboxylic acids is 1. The minimum Gasteiger partial charge on any atom is -0.481 e. The molecule has 1 aromatic heterocycles. The van der Waals surface area contributed by atoms with Crippen LogP contribution < -0.4 is 4.74 Å². The van der Waals surface area contributed by atoms with Crippen LogP contribution in [-0.2, 0) is 11.8 Å². The van der Waals surface area contributed by atoms with Crippen LogP contribution in [-0.4, -0.2) is 50.9 Å². The lowest BCUT2D eigenvalue weighted by Gasteiger charge is -2.33. The smallest absolute Gasteiger partial charge is 0.329 e. The first-order chi connectivity index (χ1) is 8.75. The molecule has 0 aromatic carbocycles. The number of carbonyl (C=O) groups excluding carboxylic acids is 1. The minimum absolute atomic E-state index is 0.163. The molecule has 1 aromatic rings. The average Bonchev–Trinajstić information content (AvgIpc) is 2.70. The predicted molar refractivity (Wildman–Crippen MR) is 68.2 cm³/mol. The quantitative estimate of drug-likeness (QED) is 0.852. The Kier molecular flexibility index (Phi) is 4.18. The summed E-state index contributed by atoms with van der Waals surface area (Å²) in [5, 5.41) is 13.2. The van der Waals surface area contributed by atoms with Gasteiger partial charge in [-0.25, -0.2) is 9.48 Å². The molecule has 7 nitrogen and oxygen atoms in total. The van der Waals surface area contributed by atoms with Crippen LogP contribution in [0.1, 0.15) is 31.3 Å². The number of hydrogen-bond donors (Lipinski definition) is 1. The van der Waals surface area contributed by atoms with Gasteiger partial charge in [0.25, 0.3) is 5.91 Å². The number of nitrogens with zero attached hydrogens (tertiary/aromatic N) is 3. The topological polar surface area (TPSA) is 84.7 Å². The molecule has 0 saturated carbocycles. The van der Waals surface area contributed by atoms with E-state index >= 15 is 0 Å². The maximum absolute atomic E-state index is 12.3. The standard InChI is InChI=1S/C12H19N3O4/c1-6-15(12(2,3)11(17)18)10(16)8-7-9(19-5)14(4)13-8/h7H,6H2,1-5H3,(H,17,18). The zero-order chi connectivity index (χ0) is 14.8. The molecule has 1 rings (SSSR count). The summed E-state index contributed by atoms with van der Waals surface area (Å²) in [5.74, 6) is -1.06. The number of likely N-dealkylation sites (N-methyl/N-ethyl adjacent to an activating group) is 1. The van der Waals surface area contributed by atoms with E-state index in [0.717, 1.165) is 0 Å². The molecule has 0 spiro atoms. The molecule has 106 valence electrons. The Morgan fingerprint density at radius 1 is 1.53 bits per heavy atom. The van der Waals surface area contributed by atoms with Gasteiger partial charge in [0.2, 0.25) is 5.88 Å². The summed E-state index contributed by atoms with van der Waals surface area (Å²) in [5.41, 5.74) is -1.13. The van der Waals surface area contributed by atoms with Crippen molar-refractivity contribution in [3.63, 3.8) is 0 Å². The van der Waals surface area contributed by atoms with Crippen molar-refractivity contribution in [1.29, 1.82) is 0 Å². The number of carbonyl (C=O) groups is 2. The Hall–Kier alpha value is -2.05. The van der Waals surface area contributed by atoms with Gasteiger partial charge in [0.05, 0.1) is 7.11 Å². The van der Waals surface area contributed by atoms with Crippen LogP contribution in [0.2, 0.25) is 0 Å². The maximum atomic E-state index is 12.3. The highest BCUT2D eigenvalue weighted by Crippen LogP contribution is 2.20. The molecule has 0 fully saturated rings. The molecule has 1 heterocycles. The highest BCUT2D eigenvalue weighted by Gasteiger charge is 2.38. The number of ether oxygens (including phenoxy) is 1. The van der Waals surface area contributed by atoms with Crippen LogP contribution >= 0.6 is 0 Å². The Bertz CT molecular complexity index is 493. The second-order valence-electron chi connectivity index (χ2n) is 4.61. The molecule has 1 N–H and O–H groups in total. The van der Waals surface area contributed by atoms with Crippen molar-refractivity contribution in [2.75, 3.05) is 13.7 Å². The van der Waals surface area contributed by atoms with Gasteiger partial charge >= 0.3 is 5.97 Å². The number of amides is 1. The van der Waals surface area contributed by atoms with Crippen molar-refractivity contribution in [1.82, 2.24) is 14.7 Å². The first-order valence-electron chi connectivity index (χ1n) is 5.89. The van der Waals surface area contributed by atoms with Gasteiger partial charge in [-0.1, -0.05) is 0 Å². The molecule has 0 radical (unpaired) electrons. The van der Waals surface area contributed by atoms with Crippen molar-refractivity contribution in [2.45, 2.75) is 26.3 Å². The fourth-order valence-corrected chi connectivity index (χ4v) is 1.79. The third-order valence-corrected chi connectivity index (χ3v) is 3.02. The van der Waals surface area contributed by atoms with E-state index in [9.17, 15) is 14.7 Å². The van der Waals surface area contributed by atoms with Gasteiger partial charge in [0, 0.05) is 19.7 Å². The van der Waals surface area contributed by atoms with Crippen LogP contribution in [0, 0.1) is 0 Å². The normalized spacial score (nSPS) is 11.2. The second kappa shape index (κ2) is 5.29. The zero-order valence-electron chi connectivity index (χ0n) is 11.8. The molecule has 0 atom stereocenters. The van der Waals surface area contributed by atoms with Gasteiger partial charge in [-0.3, -0.25) is 4.79 Å². The summed E-state index contributed by atoms with van der Waals surface area (Å²) < 4.78 is 6.46. The van der Waals surface area contributed by atoms with Gasteiger partial charge in [-0.15, -0.1) is 0 Å². The van der Waals surface area contributed by atoms with E-state index in [4.69, 9.17) is 4.74 Å². The highest BCUT2D eigenvalue weighted by molar-refractivity contribution is 5.96. The monoisotopic (exact) mass is 269 g/mol. The minimum atomic E-state index is -1.30. The Morgan fingerprint density at radius 2 is 2.11 bits per heavy atom. The van der Waals surface area contributed by atoms with Crippen molar-refractivity contribution in [3.05, 3.63) is 11.8 Å². The van der Waals surface area contributed by atoms with Gasteiger partial charge in [0.1, 0.15) is 5.54 Å². The third-order valence-electron chi connectivity index (χ3n) is 3.02. The molecule has 0 unspecified atom stereocenters. The van der Waals surface area contributed by atoms with Crippen molar-refractivity contribution in [2.24, 2.45) is 7.05 Å². The van der Waals surface area contributed by atoms with E-state index in [-0.39, 0.29) is 12.2 Å². The highest BCUT2D eigenvalue weighted by atomic mass is 16.5. The van der Waals surface area contributed by atoms with Crippen molar-refractivity contribution >= 4 is 11.9 Å². The van der Waals surface area contributed by atoms with Crippen LogP contribution in [0.4, 0.5) is 0 Å². The van der Waals surface area contributed by atoms with Crippen molar-refractivity contribution in [3.8, 4) is 5.88 Å². The summed E-state index contributed by atoms with van der Waals surface area (Å²) >= 11 is 0. The fraction of sp³-hybridized carbons (Fsp3) is 0.583. The van der Waals surface area contributed by atoms with Crippen LogP contribution in [0.3, 0.4) is 0 Å². The first-order valence-corrected chi connectivity index (χ1v) is 5.89. The summed E-state index contributed by atoms with van der Waals surface area (Å²) in [7, 11) is 3.12. The van der Waals surface area contributed by atoms with Crippen LogP contribution in [0.5, 0.6) is 5.88 Å². The number of carboxylic acids is 1. The third kappa shape index (κ3) is 2.69. The molecule has 0 saturated heterocycles. The molecule has 19 heavy (non-hydrogen) atoms. The van der Waals surface area contributed by atoms with Gasteiger partial charge in [-0.2, -0.15) is 5.10 Å². The largest absolute Gasteiger partial charge is 0.481 e. The van der Waals surface area contributed by atoms with E-state index in [1.807, 2.05) is 0 Å². The SMILES string of the molecule is CCN(C(=O)c1cc(OC)n(C)n1)C(C)(C)C(=O)O. The lowest BCUT2D eigenvalue weighted by molar-refractivity contribution is -0.147. The molecule has 0 aliphatic heterocycles. The van der Waals surface area contributed by atoms with Gasteiger partial charge in [0.15, 0.2) is 5.69 Å². The molecular formula is C12H19N3O4. The molecule has 0 aliphatic rings. The van der Waals surface area contributed by atoms with E-state index < -0.39 is 17.4 Å². The zero-order valence-corrected chi connectivity index (χ0v) is 11.8. The van der Waals surface area contributed by atoms with Crippen molar-refractivity contribution < 1.29 is 19.4 Å². The molecular weight excluding hydrogens is 250 g/mol. The summed E-state index contributed by atoms with van der Waals surface area (Å²) in [6.45, 7) is 4.97. The fourth-order valence-electron chi connectivity index (χ4n) is 1.79. The Labute approximate surface area is 111 Å². The number of methoxy groups -OCH3 is 1. The molecule has 1 amide bonds. The first kappa shape index (κ1) is 15.0. The summed E-state index contributed by atoms with van der Waals surface area (Å²) in [6.07, 6.45) is 0. The van der Waals surface area contributed by atoms with Gasteiger partial charge < -0.3 is 14.7 Å². The average molecular weight is 269 g/mol. The number of rotatable bonds is 5. The van der Waals surface area contributed by atoms with Crippen LogP contribution in [0.15, 0.2) is 6.07 Å². The molecule has 0 aliphatic carbocycles. The predicted octanol–water partition coefficient (Wildman–Crippen LogP) is 0.754. The second-order valence-corrected chi connectivity index (χ2v) is 4.61. The van der Waals surface area contributed by atoms with E-state index in [1.165, 1.54) is 36.6 Å². The Morgan fingerprint density at radius 3 is 2.47 bits per heavy atom.